The van der Waals surface area contributed by atoms with Crippen molar-refractivity contribution >= 4 is 12.2 Å². The molecule has 2 heteroatoms. The first-order valence-corrected chi connectivity index (χ1v) is 11.7. The summed E-state index contributed by atoms with van der Waals surface area (Å²) in [5, 5.41) is 2.65. The van der Waals surface area contributed by atoms with E-state index >= 15 is 0 Å². The molecule has 2 aliphatic carbocycles. The number of aromatic nitrogens is 1. The highest BCUT2D eigenvalue weighted by atomic mass is 16.5. The summed E-state index contributed by atoms with van der Waals surface area (Å²) in [6.45, 7) is 2.92. The second kappa shape index (κ2) is 10.0. The van der Waals surface area contributed by atoms with Crippen LogP contribution in [0, 0.1) is 0 Å². The molecule has 0 amide bonds. The Balaban J connectivity index is 1.50. The van der Waals surface area contributed by atoms with Crippen molar-refractivity contribution < 1.29 is 4.74 Å². The van der Waals surface area contributed by atoms with Gasteiger partial charge < -0.3 is 9.72 Å². The van der Waals surface area contributed by atoms with Gasteiger partial charge in [0.1, 0.15) is 12.4 Å². The lowest BCUT2D eigenvalue weighted by Crippen LogP contribution is -2.18. The number of aromatic amines is 1. The monoisotopic (exact) mass is 389 g/mol. The van der Waals surface area contributed by atoms with Crippen LogP contribution < -0.4 is 10.7 Å². The minimum atomic E-state index is 0.485. The van der Waals surface area contributed by atoms with Gasteiger partial charge in [-0.15, -0.1) is 0 Å². The van der Waals surface area contributed by atoms with Crippen LogP contribution in [-0.4, -0.2) is 4.98 Å². The third-order valence-electron chi connectivity index (χ3n) is 6.33. The van der Waals surface area contributed by atoms with Gasteiger partial charge in [-0.2, -0.15) is 0 Å². The summed E-state index contributed by atoms with van der Waals surface area (Å²) in [6.07, 6.45) is 20.0. The lowest BCUT2D eigenvalue weighted by Gasteiger charge is -2.20. The van der Waals surface area contributed by atoms with Crippen LogP contribution in [0.25, 0.3) is 12.2 Å². The molecular formula is C27H35NO. The summed E-state index contributed by atoms with van der Waals surface area (Å²) < 4.78 is 6.22. The lowest BCUT2D eigenvalue weighted by molar-refractivity contribution is 0.213. The summed E-state index contributed by atoms with van der Waals surface area (Å²) in [7, 11) is 0. The molecule has 1 aromatic heterocycles. The molecule has 1 heterocycles. The largest absolute Gasteiger partial charge is 0.489 e. The van der Waals surface area contributed by atoms with Crippen molar-refractivity contribution in [3.05, 3.63) is 69.6 Å². The Morgan fingerprint density at radius 2 is 1.83 bits per heavy atom. The zero-order valence-electron chi connectivity index (χ0n) is 17.9. The van der Waals surface area contributed by atoms with Gasteiger partial charge in [0.05, 0.1) is 0 Å². The van der Waals surface area contributed by atoms with E-state index in [0.29, 0.717) is 12.5 Å². The van der Waals surface area contributed by atoms with E-state index in [0.717, 1.165) is 5.76 Å². The summed E-state index contributed by atoms with van der Waals surface area (Å²) in [5.41, 5.74) is 4.34. The van der Waals surface area contributed by atoms with Gasteiger partial charge in [-0.3, -0.25) is 0 Å². The summed E-state index contributed by atoms with van der Waals surface area (Å²) in [4.78, 5) is 3.70. The molecule has 0 spiro atoms. The first kappa shape index (κ1) is 20.1. The van der Waals surface area contributed by atoms with E-state index in [-0.39, 0.29) is 0 Å². The Kier molecular flexibility index (Phi) is 6.92. The molecule has 0 radical (unpaired) electrons. The van der Waals surface area contributed by atoms with Gasteiger partial charge in [0.15, 0.2) is 0 Å². The average Bonchev–Trinajstić information content (AvgIpc) is 3.14. The second-order valence-electron chi connectivity index (χ2n) is 8.59. The van der Waals surface area contributed by atoms with Gasteiger partial charge in [0.2, 0.25) is 0 Å². The van der Waals surface area contributed by atoms with Crippen molar-refractivity contribution in [2.24, 2.45) is 0 Å². The van der Waals surface area contributed by atoms with E-state index in [9.17, 15) is 0 Å². The normalized spacial score (nSPS) is 17.6. The number of ether oxygens (including phenoxy) is 1. The molecule has 2 nitrogen and oxygen atoms in total. The van der Waals surface area contributed by atoms with E-state index in [1.165, 1.54) is 80.5 Å². The predicted molar refractivity (Wildman–Crippen MR) is 122 cm³/mol. The zero-order valence-corrected chi connectivity index (χ0v) is 17.9. The van der Waals surface area contributed by atoms with Crippen LogP contribution in [-0.2, 0) is 17.8 Å². The number of benzene rings is 1. The van der Waals surface area contributed by atoms with Gasteiger partial charge in [-0.1, -0.05) is 81.9 Å². The number of hydrogen-bond acceptors (Lipinski definition) is 1. The molecule has 1 aromatic carbocycles. The molecule has 0 fully saturated rings. The van der Waals surface area contributed by atoms with Crippen LogP contribution in [0.2, 0.25) is 0 Å². The minimum absolute atomic E-state index is 0.485. The Morgan fingerprint density at radius 3 is 2.69 bits per heavy atom. The maximum Gasteiger partial charge on any atom is 0.118 e. The maximum absolute atomic E-state index is 6.22. The van der Waals surface area contributed by atoms with Crippen LogP contribution in [0.1, 0.15) is 87.3 Å². The van der Waals surface area contributed by atoms with Crippen LogP contribution in [0.3, 0.4) is 0 Å². The standard InChI is InChI=1S/C27H35NO/c1-2-3-4-5-6-10-15-22-18-23(29-20-21-13-8-7-9-14-21)19-26-27(22)24-16-11-12-17-25(24)28-26/h7-9,13-14,17-19,22,28H,2-6,10-12,15-16,20H2,1H3. The minimum Gasteiger partial charge on any atom is -0.489 e. The van der Waals surface area contributed by atoms with Crippen LogP contribution in [0.15, 0.2) is 42.2 Å². The molecule has 154 valence electrons. The quantitative estimate of drug-likeness (QED) is 0.506. The summed E-state index contributed by atoms with van der Waals surface area (Å²) in [6, 6.07) is 10.5. The van der Waals surface area contributed by atoms with Crippen molar-refractivity contribution in [1.29, 1.82) is 0 Å². The average molecular weight is 390 g/mol. The second-order valence-corrected chi connectivity index (χ2v) is 8.59. The number of unbranched alkanes of at least 4 members (excludes halogenated alkanes) is 5. The molecule has 0 saturated heterocycles. The molecule has 0 aliphatic heterocycles. The number of allylic oxidation sites excluding steroid dienone is 2. The predicted octanol–water partition coefficient (Wildman–Crippen LogP) is 5.86. The molecule has 1 unspecified atom stereocenters. The number of fused-ring (bicyclic) bond motifs is 3. The molecule has 29 heavy (non-hydrogen) atoms. The third-order valence-corrected chi connectivity index (χ3v) is 6.33. The van der Waals surface area contributed by atoms with Gasteiger partial charge >= 0.3 is 0 Å². The molecular weight excluding hydrogens is 354 g/mol. The Morgan fingerprint density at radius 1 is 1.00 bits per heavy atom. The number of nitrogens with one attached hydrogen (secondary N) is 1. The van der Waals surface area contributed by atoms with Gasteiger partial charge in [-0.25, -0.2) is 0 Å². The Hall–Kier alpha value is -2.22. The van der Waals surface area contributed by atoms with Crippen LogP contribution in [0.5, 0.6) is 0 Å². The molecule has 1 atom stereocenters. The van der Waals surface area contributed by atoms with Crippen molar-refractivity contribution in [3.8, 4) is 0 Å². The lowest BCUT2D eigenvalue weighted by atomic mass is 9.86. The number of H-pyrrole nitrogens is 1. The SMILES string of the molecule is CCCCCCCCC1C=C(OCc2ccccc2)C=c2[nH]c3c(c21)CCCC=3. The van der Waals surface area contributed by atoms with Crippen molar-refractivity contribution in [2.45, 2.75) is 83.7 Å². The third kappa shape index (κ3) is 5.04. The van der Waals surface area contributed by atoms with Crippen molar-refractivity contribution in [1.82, 2.24) is 4.98 Å². The van der Waals surface area contributed by atoms with Gasteiger partial charge in [-0.05, 0) is 48.4 Å². The number of rotatable bonds is 10. The van der Waals surface area contributed by atoms with Crippen molar-refractivity contribution in [3.63, 3.8) is 0 Å². The topological polar surface area (TPSA) is 25.0 Å². The van der Waals surface area contributed by atoms with E-state index in [1.807, 2.05) is 0 Å². The molecule has 4 rings (SSSR count). The fourth-order valence-electron chi connectivity index (χ4n) is 4.78. The summed E-state index contributed by atoms with van der Waals surface area (Å²) in [5.74, 6) is 1.51. The van der Waals surface area contributed by atoms with E-state index in [4.69, 9.17) is 4.74 Å². The van der Waals surface area contributed by atoms with Crippen molar-refractivity contribution in [2.75, 3.05) is 0 Å². The van der Waals surface area contributed by atoms with E-state index in [2.05, 4.69) is 60.5 Å². The fourth-order valence-corrected chi connectivity index (χ4v) is 4.78. The molecule has 1 N–H and O–H groups in total. The highest BCUT2D eigenvalue weighted by Gasteiger charge is 2.23. The molecule has 0 saturated carbocycles. The first-order valence-electron chi connectivity index (χ1n) is 11.7. The fraction of sp³-hybridized carbons (Fsp3) is 0.481. The summed E-state index contributed by atoms with van der Waals surface area (Å²) >= 11 is 0. The highest BCUT2D eigenvalue weighted by molar-refractivity contribution is 5.53. The van der Waals surface area contributed by atoms with E-state index < -0.39 is 0 Å². The van der Waals surface area contributed by atoms with E-state index in [1.54, 1.807) is 11.1 Å². The van der Waals surface area contributed by atoms with Gasteiger partial charge in [0, 0.05) is 22.7 Å². The smallest absolute Gasteiger partial charge is 0.118 e. The molecule has 0 bridgehead atoms. The first-order chi connectivity index (χ1) is 14.3. The maximum atomic E-state index is 6.22. The number of hydrogen-bond donors (Lipinski definition) is 1. The highest BCUT2D eigenvalue weighted by Crippen LogP contribution is 2.30. The van der Waals surface area contributed by atoms with Gasteiger partial charge in [0.25, 0.3) is 0 Å². The molecule has 2 aromatic rings. The van der Waals surface area contributed by atoms with Crippen LogP contribution in [0.4, 0.5) is 0 Å². The van der Waals surface area contributed by atoms with Crippen LogP contribution >= 0.6 is 0 Å². The zero-order chi connectivity index (χ0) is 19.9. The Bertz CT molecular complexity index is 935. The Labute approximate surface area is 175 Å². The molecule has 2 aliphatic rings.